The molecule has 0 aliphatic rings. The van der Waals surface area contributed by atoms with Crippen LogP contribution in [0.25, 0.3) is 0 Å². The number of nitrogens with zero attached hydrogens (tertiary/aromatic N) is 2. The van der Waals surface area contributed by atoms with Gasteiger partial charge in [-0.2, -0.15) is 0 Å². The van der Waals surface area contributed by atoms with E-state index in [0.717, 1.165) is 15.5 Å². The monoisotopic (exact) mass is 408 g/mol. The van der Waals surface area contributed by atoms with E-state index in [0.29, 0.717) is 26.7 Å². The van der Waals surface area contributed by atoms with Crippen molar-refractivity contribution in [2.75, 3.05) is 7.11 Å². The fourth-order valence-corrected chi connectivity index (χ4v) is 4.02. The summed E-state index contributed by atoms with van der Waals surface area (Å²) >= 11 is 15.1. The van der Waals surface area contributed by atoms with Crippen molar-refractivity contribution in [3.63, 3.8) is 0 Å². The van der Waals surface area contributed by atoms with Gasteiger partial charge in [0.05, 0.1) is 23.4 Å². The van der Waals surface area contributed by atoms with Crippen LogP contribution in [-0.2, 0) is 5.75 Å². The van der Waals surface area contributed by atoms with Crippen LogP contribution in [0.4, 0.5) is 0 Å². The summed E-state index contributed by atoms with van der Waals surface area (Å²) < 4.78 is 5.38. The van der Waals surface area contributed by atoms with E-state index in [9.17, 15) is 0 Å². The number of thioether (sulfide) groups is 1. The maximum absolute atomic E-state index is 6.06. The molecular weight excluding hydrogens is 395 g/mol. The Morgan fingerprint density at radius 1 is 1.04 bits per heavy atom. The molecule has 128 valence electrons. The molecule has 0 bridgehead atoms. The fraction of sp³-hybridized carbons (Fsp3) is 0.111. The van der Waals surface area contributed by atoms with E-state index in [-0.39, 0.29) is 0 Å². The normalized spacial score (nSPS) is 10.7. The molecule has 0 N–H and O–H groups in total. The number of hydrogen-bond donors (Lipinski definition) is 0. The summed E-state index contributed by atoms with van der Waals surface area (Å²) in [4.78, 5) is 10.1. The molecule has 0 atom stereocenters. The van der Waals surface area contributed by atoms with Gasteiger partial charge in [0.1, 0.15) is 5.03 Å². The molecule has 2 aromatic carbocycles. The maximum Gasteiger partial charge on any atom is 0.189 e. The van der Waals surface area contributed by atoms with Gasteiger partial charge >= 0.3 is 0 Å². The minimum atomic E-state index is 0.552. The molecule has 1 aromatic heterocycles. The van der Waals surface area contributed by atoms with Crippen LogP contribution >= 0.6 is 46.7 Å². The number of benzene rings is 2. The third-order valence-electron chi connectivity index (χ3n) is 3.23. The molecule has 0 aliphatic carbocycles. The smallest absolute Gasteiger partial charge is 0.189 e. The minimum absolute atomic E-state index is 0.552. The second-order valence-corrected chi connectivity index (χ2v) is 7.80. The summed E-state index contributed by atoms with van der Waals surface area (Å²) in [6.07, 6.45) is 1.70. The summed E-state index contributed by atoms with van der Waals surface area (Å²) in [7, 11) is 1.62. The van der Waals surface area contributed by atoms with Gasteiger partial charge < -0.3 is 4.74 Å². The van der Waals surface area contributed by atoms with Gasteiger partial charge in [-0.05, 0) is 29.8 Å². The van der Waals surface area contributed by atoms with Gasteiger partial charge in [-0.3, -0.25) is 0 Å². The van der Waals surface area contributed by atoms with Crippen LogP contribution < -0.4 is 4.74 Å². The first-order valence-electron chi connectivity index (χ1n) is 7.36. The quantitative estimate of drug-likeness (QED) is 0.274. The molecule has 0 spiro atoms. The Hall–Kier alpha value is -1.40. The number of halogens is 2. The lowest BCUT2D eigenvalue weighted by Crippen LogP contribution is -1.95. The van der Waals surface area contributed by atoms with Crippen LogP contribution in [0.5, 0.6) is 5.75 Å². The van der Waals surface area contributed by atoms with E-state index in [1.54, 1.807) is 31.1 Å². The number of methoxy groups -OCH3 is 1. The topological polar surface area (TPSA) is 35.0 Å². The third kappa shape index (κ3) is 5.05. The molecule has 3 aromatic rings. The molecule has 0 aliphatic heterocycles. The average Bonchev–Trinajstić information content (AvgIpc) is 2.64. The van der Waals surface area contributed by atoms with E-state index >= 15 is 0 Å². The van der Waals surface area contributed by atoms with Crippen LogP contribution in [0.3, 0.4) is 0 Å². The second kappa shape index (κ2) is 8.81. The fourth-order valence-electron chi connectivity index (χ4n) is 2.00. The number of rotatable bonds is 6. The molecule has 25 heavy (non-hydrogen) atoms. The summed E-state index contributed by atoms with van der Waals surface area (Å²) in [6.45, 7) is 0. The zero-order chi connectivity index (χ0) is 17.6. The van der Waals surface area contributed by atoms with Crippen molar-refractivity contribution in [3.05, 3.63) is 70.3 Å². The molecular formula is C18H14Cl2N2OS2. The molecule has 0 amide bonds. The molecule has 3 rings (SSSR count). The Labute approximate surface area is 165 Å². The van der Waals surface area contributed by atoms with E-state index in [2.05, 4.69) is 9.97 Å². The summed E-state index contributed by atoms with van der Waals surface area (Å²) in [5.74, 6) is 1.37. The average molecular weight is 409 g/mol. The van der Waals surface area contributed by atoms with E-state index in [1.807, 2.05) is 42.5 Å². The van der Waals surface area contributed by atoms with Gasteiger partial charge in [-0.25, -0.2) is 9.97 Å². The Kier molecular flexibility index (Phi) is 6.48. The first kappa shape index (κ1) is 18.4. The van der Waals surface area contributed by atoms with Crippen LogP contribution in [0.1, 0.15) is 5.56 Å². The Bertz CT molecular complexity index is 863. The largest absolute Gasteiger partial charge is 0.492 e. The molecule has 0 saturated heterocycles. The van der Waals surface area contributed by atoms with Gasteiger partial charge in [-0.1, -0.05) is 71.0 Å². The van der Waals surface area contributed by atoms with Crippen molar-refractivity contribution in [1.82, 2.24) is 9.97 Å². The zero-order valence-electron chi connectivity index (χ0n) is 13.3. The highest BCUT2D eigenvalue weighted by atomic mass is 35.5. The molecule has 0 unspecified atom stereocenters. The van der Waals surface area contributed by atoms with Gasteiger partial charge in [0, 0.05) is 10.6 Å². The second-order valence-electron chi connectivity index (χ2n) is 4.98. The summed E-state index contributed by atoms with van der Waals surface area (Å²) in [6, 6.07) is 15.7. The molecule has 7 heteroatoms. The highest BCUT2D eigenvalue weighted by Crippen LogP contribution is 2.34. The van der Waals surface area contributed by atoms with Crippen molar-refractivity contribution in [1.29, 1.82) is 0 Å². The maximum atomic E-state index is 6.06. The summed E-state index contributed by atoms with van der Waals surface area (Å²) in [5, 5.41) is 2.58. The number of aromatic nitrogens is 2. The standard InChI is InChI=1S/C18H14Cl2N2OS2/c1-23-16-10-21-18(22-17(16)25-13-5-3-2-4-6-13)24-11-12-7-8-14(19)15(20)9-12/h2-10H,11H2,1H3. The first-order valence-corrected chi connectivity index (χ1v) is 9.92. The predicted molar refractivity (Wildman–Crippen MR) is 105 cm³/mol. The third-order valence-corrected chi connectivity index (χ3v) is 5.90. The highest BCUT2D eigenvalue weighted by molar-refractivity contribution is 7.99. The lowest BCUT2D eigenvalue weighted by molar-refractivity contribution is 0.395. The van der Waals surface area contributed by atoms with Gasteiger partial charge in [0.15, 0.2) is 10.9 Å². The predicted octanol–water partition coefficient (Wildman–Crippen LogP) is 6.24. The Morgan fingerprint density at radius 3 is 2.56 bits per heavy atom. The van der Waals surface area contributed by atoms with Gasteiger partial charge in [0.25, 0.3) is 0 Å². The molecule has 1 heterocycles. The van der Waals surface area contributed by atoms with Crippen molar-refractivity contribution >= 4 is 46.7 Å². The van der Waals surface area contributed by atoms with E-state index < -0.39 is 0 Å². The highest BCUT2D eigenvalue weighted by Gasteiger charge is 2.10. The summed E-state index contributed by atoms with van der Waals surface area (Å²) in [5.41, 5.74) is 1.07. The van der Waals surface area contributed by atoms with Crippen molar-refractivity contribution in [2.45, 2.75) is 20.8 Å². The van der Waals surface area contributed by atoms with Crippen LogP contribution in [-0.4, -0.2) is 17.1 Å². The zero-order valence-corrected chi connectivity index (χ0v) is 16.4. The Balaban J connectivity index is 1.75. The Morgan fingerprint density at radius 2 is 1.84 bits per heavy atom. The van der Waals surface area contributed by atoms with Crippen LogP contribution in [0, 0.1) is 0 Å². The SMILES string of the molecule is COc1cnc(SCc2ccc(Cl)c(Cl)c2)nc1Sc1ccccc1. The van der Waals surface area contributed by atoms with Gasteiger partial charge in [0.2, 0.25) is 0 Å². The lowest BCUT2D eigenvalue weighted by Gasteiger charge is -2.09. The lowest BCUT2D eigenvalue weighted by atomic mass is 10.2. The molecule has 3 nitrogen and oxygen atoms in total. The molecule has 0 fully saturated rings. The van der Waals surface area contributed by atoms with Crippen molar-refractivity contribution in [2.24, 2.45) is 0 Å². The molecule has 0 saturated carbocycles. The van der Waals surface area contributed by atoms with Gasteiger partial charge in [-0.15, -0.1) is 0 Å². The van der Waals surface area contributed by atoms with Crippen LogP contribution in [0.2, 0.25) is 10.0 Å². The van der Waals surface area contributed by atoms with E-state index in [1.165, 1.54) is 11.8 Å². The van der Waals surface area contributed by atoms with Crippen LogP contribution in [0.15, 0.2) is 69.8 Å². The first-order chi connectivity index (χ1) is 12.2. The van der Waals surface area contributed by atoms with Crippen molar-refractivity contribution in [3.8, 4) is 5.75 Å². The number of hydrogen-bond acceptors (Lipinski definition) is 5. The molecule has 0 radical (unpaired) electrons. The number of ether oxygens (including phenoxy) is 1. The minimum Gasteiger partial charge on any atom is -0.492 e. The van der Waals surface area contributed by atoms with E-state index in [4.69, 9.17) is 27.9 Å². The van der Waals surface area contributed by atoms with Crippen molar-refractivity contribution < 1.29 is 4.74 Å².